The first-order valence-electron chi connectivity index (χ1n) is 6.81. The Morgan fingerprint density at radius 3 is 2.68 bits per heavy atom. The molecule has 0 aliphatic carbocycles. The zero-order valence-electron chi connectivity index (χ0n) is 12.0. The number of benzene rings is 2. The Bertz CT molecular complexity index is 812. The number of aromatic nitrogens is 2. The van der Waals surface area contributed by atoms with Gasteiger partial charge in [0.15, 0.2) is 0 Å². The van der Waals surface area contributed by atoms with Crippen LogP contribution >= 0.6 is 15.9 Å². The molecular formula is C17H14BrN3O. The first-order chi connectivity index (χ1) is 10.6. The van der Waals surface area contributed by atoms with Crippen LogP contribution in [-0.2, 0) is 0 Å². The van der Waals surface area contributed by atoms with E-state index >= 15 is 0 Å². The van der Waals surface area contributed by atoms with Gasteiger partial charge in [-0.1, -0.05) is 34.1 Å². The van der Waals surface area contributed by atoms with Gasteiger partial charge >= 0.3 is 0 Å². The second kappa shape index (κ2) is 6.15. The van der Waals surface area contributed by atoms with Crippen LogP contribution in [0.2, 0.25) is 0 Å². The van der Waals surface area contributed by atoms with Crippen molar-refractivity contribution in [2.45, 2.75) is 6.92 Å². The van der Waals surface area contributed by atoms with Crippen LogP contribution in [0.5, 0.6) is 0 Å². The summed E-state index contributed by atoms with van der Waals surface area (Å²) in [5, 5.41) is 7.11. The summed E-state index contributed by atoms with van der Waals surface area (Å²) >= 11 is 3.44. The number of carbonyl (C=O) groups excluding carboxylic acids is 1. The summed E-state index contributed by atoms with van der Waals surface area (Å²) in [5.41, 5.74) is 3.27. The lowest BCUT2D eigenvalue weighted by Gasteiger charge is -2.05. The predicted octanol–water partition coefficient (Wildman–Crippen LogP) is 4.20. The van der Waals surface area contributed by atoms with Gasteiger partial charge < -0.3 is 5.32 Å². The Kier molecular flexibility index (Phi) is 4.06. The molecule has 2 aromatic carbocycles. The summed E-state index contributed by atoms with van der Waals surface area (Å²) in [6, 6.07) is 15.4. The number of nitrogens with zero attached hydrogens (tertiary/aromatic N) is 2. The average molecular weight is 356 g/mol. The molecule has 5 heteroatoms. The highest BCUT2D eigenvalue weighted by molar-refractivity contribution is 9.10. The molecule has 0 bridgehead atoms. The average Bonchev–Trinajstić information content (AvgIpc) is 3.02. The molecule has 0 fully saturated rings. The van der Waals surface area contributed by atoms with E-state index in [-0.39, 0.29) is 5.91 Å². The van der Waals surface area contributed by atoms with Crippen LogP contribution in [-0.4, -0.2) is 15.7 Å². The van der Waals surface area contributed by atoms with Gasteiger partial charge in [0.25, 0.3) is 5.91 Å². The summed E-state index contributed by atoms with van der Waals surface area (Å²) < 4.78 is 2.70. The third kappa shape index (κ3) is 3.09. The highest BCUT2D eigenvalue weighted by atomic mass is 79.9. The van der Waals surface area contributed by atoms with Crippen molar-refractivity contribution in [1.82, 2.24) is 9.78 Å². The second-order valence-corrected chi connectivity index (χ2v) is 5.78. The molecule has 0 saturated heterocycles. The van der Waals surface area contributed by atoms with Gasteiger partial charge in [-0.3, -0.25) is 4.79 Å². The summed E-state index contributed by atoms with van der Waals surface area (Å²) in [6.45, 7) is 1.98. The predicted molar refractivity (Wildman–Crippen MR) is 90.4 cm³/mol. The Hall–Kier alpha value is -2.40. The second-order valence-electron chi connectivity index (χ2n) is 4.93. The topological polar surface area (TPSA) is 46.9 Å². The molecule has 4 nitrogen and oxygen atoms in total. The highest BCUT2D eigenvalue weighted by Gasteiger charge is 2.10. The van der Waals surface area contributed by atoms with E-state index in [2.05, 4.69) is 26.3 Å². The van der Waals surface area contributed by atoms with E-state index in [4.69, 9.17) is 0 Å². The monoisotopic (exact) mass is 355 g/mol. The maximum absolute atomic E-state index is 12.3. The Morgan fingerprint density at radius 1 is 1.18 bits per heavy atom. The molecule has 1 N–H and O–H groups in total. The van der Waals surface area contributed by atoms with Gasteiger partial charge in [-0.05, 0) is 42.8 Å². The fourth-order valence-electron chi connectivity index (χ4n) is 2.09. The zero-order chi connectivity index (χ0) is 15.5. The number of hydrogen-bond donors (Lipinski definition) is 1. The van der Waals surface area contributed by atoms with Crippen LogP contribution in [0.3, 0.4) is 0 Å². The number of para-hydroxylation sites is 1. The normalized spacial score (nSPS) is 10.5. The molecule has 3 rings (SSSR count). The molecule has 0 unspecified atom stereocenters. The number of hydrogen-bond acceptors (Lipinski definition) is 2. The van der Waals surface area contributed by atoms with E-state index in [0.29, 0.717) is 5.56 Å². The molecule has 0 atom stereocenters. The SMILES string of the molecule is Cc1cc(NC(=O)c2cnn(-c3ccccc3)c2)ccc1Br. The summed E-state index contributed by atoms with van der Waals surface area (Å²) in [4.78, 5) is 12.3. The maximum atomic E-state index is 12.3. The number of nitrogens with one attached hydrogen (secondary N) is 1. The van der Waals surface area contributed by atoms with Crippen molar-refractivity contribution in [1.29, 1.82) is 0 Å². The van der Waals surface area contributed by atoms with Crippen LogP contribution < -0.4 is 5.32 Å². The first kappa shape index (κ1) is 14.5. The van der Waals surface area contributed by atoms with Crippen LogP contribution in [0, 0.1) is 6.92 Å². The molecule has 22 heavy (non-hydrogen) atoms. The van der Waals surface area contributed by atoms with E-state index in [0.717, 1.165) is 21.4 Å². The molecule has 110 valence electrons. The fraction of sp³-hybridized carbons (Fsp3) is 0.0588. The van der Waals surface area contributed by atoms with Gasteiger partial charge in [-0.15, -0.1) is 0 Å². The molecule has 0 aliphatic rings. The van der Waals surface area contributed by atoms with Crippen molar-refractivity contribution in [2.75, 3.05) is 5.32 Å². The van der Waals surface area contributed by atoms with Gasteiger partial charge in [-0.2, -0.15) is 5.10 Å². The van der Waals surface area contributed by atoms with Crippen LogP contribution in [0.15, 0.2) is 65.4 Å². The summed E-state index contributed by atoms with van der Waals surface area (Å²) in [5.74, 6) is -0.177. The van der Waals surface area contributed by atoms with E-state index in [1.807, 2.05) is 55.5 Å². The minimum absolute atomic E-state index is 0.177. The lowest BCUT2D eigenvalue weighted by molar-refractivity contribution is 0.102. The third-order valence-electron chi connectivity index (χ3n) is 3.28. The summed E-state index contributed by atoms with van der Waals surface area (Å²) in [6.07, 6.45) is 3.28. The Morgan fingerprint density at radius 2 is 1.95 bits per heavy atom. The number of anilines is 1. The molecule has 0 spiro atoms. The van der Waals surface area contributed by atoms with Crippen molar-refractivity contribution in [3.63, 3.8) is 0 Å². The molecule has 1 aromatic heterocycles. The molecule has 3 aromatic rings. The van der Waals surface area contributed by atoms with Crippen molar-refractivity contribution >= 4 is 27.5 Å². The molecule has 1 heterocycles. The Balaban J connectivity index is 1.78. The van der Waals surface area contributed by atoms with Crippen molar-refractivity contribution in [3.8, 4) is 5.69 Å². The van der Waals surface area contributed by atoms with Crippen molar-refractivity contribution in [3.05, 3.63) is 76.5 Å². The highest BCUT2D eigenvalue weighted by Crippen LogP contribution is 2.20. The van der Waals surface area contributed by atoms with E-state index in [1.165, 1.54) is 0 Å². The number of amides is 1. The van der Waals surface area contributed by atoms with Crippen molar-refractivity contribution in [2.24, 2.45) is 0 Å². The van der Waals surface area contributed by atoms with E-state index in [1.54, 1.807) is 17.1 Å². The van der Waals surface area contributed by atoms with Gasteiger partial charge in [0.2, 0.25) is 0 Å². The lowest BCUT2D eigenvalue weighted by atomic mass is 10.2. The molecule has 0 saturated carbocycles. The van der Waals surface area contributed by atoms with Gasteiger partial charge in [-0.25, -0.2) is 4.68 Å². The molecule has 0 aliphatic heterocycles. The number of carbonyl (C=O) groups is 1. The van der Waals surface area contributed by atoms with E-state index in [9.17, 15) is 4.79 Å². The molecular weight excluding hydrogens is 342 g/mol. The third-order valence-corrected chi connectivity index (χ3v) is 4.17. The van der Waals surface area contributed by atoms with Gasteiger partial charge in [0, 0.05) is 16.4 Å². The fourth-order valence-corrected chi connectivity index (χ4v) is 2.33. The van der Waals surface area contributed by atoms with Gasteiger partial charge in [0.1, 0.15) is 0 Å². The molecule has 1 amide bonds. The lowest BCUT2D eigenvalue weighted by Crippen LogP contribution is -2.11. The van der Waals surface area contributed by atoms with Gasteiger partial charge in [0.05, 0.1) is 17.4 Å². The maximum Gasteiger partial charge on any atom is 0.258 e. The minimum Gasteiger partial charge on any atom is -0.322 e. The standard InChI is InChI=1S/C17H14BrN3O/c1-12-9-14(7-8-16(12)18)20-17(22)13-10-19-21(11-13)15-5-3-2-4-6-15/h2-11H,1H3,(H,20,22). The smallest absolute Gasteiger partial charge is 0.258 e. The van der Waals surface area contributed by atoms with Crippen LogP contribution in [0.25, 0.3) is 5.69 Å². The van der Waals surface area contributed by atoms with Crippen molar-refractivity contribution < 1.29 is 4.79 Å². The number of halogens is 1. The zero-order valence-corrected chi connectivity index (χ0v) is 13.5. The van der Waals surface area contributed by atoms with Crippen LogP contribution in [0.1, 0.15) is 15.9 Å². The largest absolute Gasteiger partial charge is 0.322 e. The number of aryl methyl sites for hydroxylation is 1. The summed E-state index contributed by atoms with van der Waals surface area (Å²) in [7, 11) is 0. The first-order valence-corrected chi connectivity index (χ1v) is 7.60. The Labute approximate surface area is 136 Å². The molecule has 0 radical (unpaired) electrons. The minimum atomic E-state index is -0.177. The van der Waals surface area contributed by atoms with E-state index < -0.39 is 0 Å². The number of rotatable bonds is 3. The quantitative estimate of drug-likeness (QED) is 0.765. The van der Waals surface area contributed by atoms with Crippen LogP contribution in [0.4, 0.5) is 5.69 Å².